The van der Waals surface area contributed by atoms with Gasteiger partial charge in [-0.05, 0) is 38.1 Å². The molecular formula is C13H18ClN3O. The van der Waals surface area contributed by atoms with Crippen LogP contribution in [-0.2, 0) is 4.74 Å². The number of ether oxygens (including phenoxy) is 1. The van der Waals surface area contributed by atoms with Crippen LogP contribution >= 0.6 is 11.6 Å². The Bertz CT molecular complexity index is 446. The lowest BCUT2D eigenvalue weighted by Crippen LogP contribution is -2.40. The van der Waals surface area contributed by atoms with E-state index in [-0.39, 0.29) is 11.6 Å². The number of amidine groups is 1. The number of aliphatic imine (C=N–C) groups is 1. The maximum Gasteiger partial charge on any atom is 0.282 e. The number of anilines is 1. The number of hydrogen-bond donors (Lipinski definition) is 1. The molecule has 1 atom stereocenters. The van der Waals surface area contributed by atoms with Gasteiger partial charge in [-0.2, -0.15) is 0 Å². The average Bonchev–Trinajstić information content (AvgIpc) is 2.68. The molecule has 0 bridgehead atoms. The van der Waals surface area contributed by atoms with Gasteiger partial charge in [0.05, 0.1) is 0 Å². The predicted octanol–water partition coefficient (Wildman–Crippen LogP) is 2.27. The zero-order chi connectivity index (χ0) is 13.2. The zero-order valence-electron chi connectivity index (χ0n) is 10.7. The van der Waals surface area contributed by atoms with E-state index in [1.165, 1.54) is 0 Å². The fourth-order valence-corrected chi connectivity index (χ4v) is 2.22. The molecule has 0 saturated carbocycles. The minimum Gasteiger partial charge on any atom is -0.463 e. The maximum atomic E-state index is 5.90. The quantitative estimate of drug-likeness (QED) is 0.911. The van der Waals surface area contributed by atoms with Gasteiger partial charge in [0.1, 0.15) is 12.1 Å². The maximum absolute atomic E-state index is 5.90. The van der Waals surface area contributed by atoms with E-state index >= 15 is 0 Å². The highest BCUT2D eigenvalue weighted by atomic mass is 35.5. The van der Waals surface area contributed by atoms with Crippen molar-refractivity contribution in [2.45, 2.75) is 19.4 Å². The van der Waals surface area contributed by atoms with Crippen LogP contribution in [-0.4, -0.2) is 31.3 Å². The Hall–Kier alpha value is -1.42. The lowest BCUT2D eigenvalue weighted by molar-refractivity contribution is 0.266. The Kier molecular flexibility index (Phi) is 3.66. The van der Waals surface area contributed by atoms with Gasteiger partial charge in [-0.1, -0.05) is 11.6 Å². The Morgan fingerprint density at radius 3 is 2.61 bits per heavy atom. The minimum absolute atomic E-state index is 0.278. The van der Waals surface area contributed by atoms with Crippen LogP contribution in [0.4, 0.5) is 5.69 Å². The normalized spacial score (nSPS) is 22.5. The van der Waals surface area contributed by atoms with Gasteiger partial charge in [0.15, 0.2) is 0 Å². The van der Waals surface area contributed by atoms with Crippen LogP contribution in [0.1, 0.15) is 13.8 Å². The Balaban J connectivity index is 2.13. The number of hydrogen-bond acceptors (Lipinski definition) is 4. The zero-order valence-corrected chi connectivity index (χ0v) is 11.4. The van der Waals surface area contributed by atoms with Gasteiger partial charge < -0.3 is 15.4 Å². The van der Waals surface area contributed by atoms with Gasteiger partial charge in [0.25, 0.3) is 6.02 Å². The smallest absolute Gasteiger partial charge is 0.282 e. The minimum atomic E-state index is -0.278. The molecule has 0 amide bonds. The number of halogens is 1. The van der Waals surface area contributed by atoms with Gasteiger partial charge in [-0.15, -0.1) is 0 Å². The van der Waals surface area contributed by atoms with Crippen LogP contribution in [0, 0.1) is 0 Å². The topological polar surface area (TPSA) is 50.9 Å². The third kappa shape index (κ3) is 2.88. The molecule has 1 heterocycles. The highest BCUT2D eigenvalue weighted by Crippen LogP contribution is 2.23. The number of nitrogens with zero attached hydrogens (tertiary/aromatic N) is 2. The van der Waals surface area contributed by atoms with Crippen LogP contribution in [0.3, 0.4) is 0 Å². The van der Waals surface area contributed by atoms with Gasteiger partial charge >= 0.3 is 0 Å². The first kappa shape index (κ1) is 13.0. The Morgan fingerprint density at radius 1 is 1.44 bits per heavy atom. The molecule has 0 aromatic heterocycles. The number of nitrogens with two attached hydrogens (primary N) is 1. The molecule has 1 aliphatic rings. The summed E-state index contributed by atoms with van der Waals surface area (Å²) in [6.07, 6.45) is 0. The lowest BCUT2D eigenvalue weighted by Gasteiger charge is -2.30. The van der Waals surface area contributed by atoms with Crippen molar-refractivity contribution in [1.82, 2.24) is 0 Å². The lowest BCUT2D eigenvalue weighted by atomic mass is 10.0. The van der Waals surface area contributed by atoms with E-state index in [4.69, 9.17) is 22.1 Å². The third-order valence-corrected chi connectivity index (χ3v) is 3.27. The monoisotopic (exact) mass is 267 g/mol. The summed E-state index contributed by atoms with van der Waals surface area (Å²) in [6, 6.07) is 8.09. The van der Waals surface area contributed by atoms with Gasteiger partial charge in [-0.25, -0.2) is 4.99 Å². The average molecular weight is 268 g/mol. The second-order valence-electron chi connectivity index (χ2n) is 4.73. The van der Waals surface area contributed by atoms with E-state index in [0.717, 1.165) is 23.8 Å². The van der Waals surface area contributed by atoms with E-state index in [1.54, 1.807) is 0 Å². The molecule has 0 fully saturated rings. The number of benzene rings is 1. The fraction of sp³-hybridized carbons (Fsp3) is 0.462. The van der Waals surface area contributed by atoms with E-state index in [0.29, 0.717) is 6.61 Å². The second kappa shape index (κ2) is 5.06. The first-order chi connectivity index (χ1) is 8.52. The van der Waals surface area contributed by atoms with E-state index in [9.17, 15) is 0 Å². The van der Waals surface area contributed by atoms with Crippen LogP contribution in [0.25, 0.3) is 0 Å². The molecule has 0 spiro atoms. The number of rotatable bonds is 4. The van der Waals surface area contributed by atoms with Crippen molar-refractivity contribution in [3.8, 4) is 0 Å². The summed E-state index contributed by atoms with van der Waals surface area (Å²) in [5.74, 6) is 0. The summed E-state index contributed by atoms with van der Waals surface area (Å²) in [6.45, 7) is 6.35. The molecule has 0 radical (unpaired) electrons. The first-order valence-electron chi connectivity index (χ1n) is 6.01. The summed E-state index contributed by atoms with van der Waals surface area (Å²) in [5.41, 5.74) is 6.43. The van der Waals surface area contributed by atoms with Crippen LogP contribution < -0.4 is 10.6 Å². The number of likely N-dealkylation sites (N-methyl/N-ethyl adjacent to an activating group) is 1. The van der Waals surface area contributed by atoms with Crippen molar-refractivity contribution in [3.05, 3.63) is 29.3 Å². The predicted molar refractivity (Wildman–Crippen MR) is 75.3 cm³/mol. The van der Waals surface area contributed by atoms with Crippen molar-refractivity contribution < 1.29 is 4.74 Å². The summed E-state index contributed by atoms with van der Waals surface area (Å²) in [5, 5.41) is 0.743. The molecule has 1 unspecified atom stereocenters. The molecule has 5 heteroatoms. The van der Waals surface area contributed by atoms with Crippen molar-refractivity contribution in [1.29, 1.82) is 0 Å². The van der Waals surface area contributed by atoms with E-state index in [1.807, 2.05) is 31.2 Å². The first-order valence-corrected chi connectivity index (χ1v) is 6.39. The molecule has 2 rings (SSSR count). The molecule has 0 saturated heterocycles. The summed E-state index contributed by atoms with van der Waals surface area (Å²) in [4.78, 5) is 6.59. The third-order valence-electron chi connectivity index (χ3n) is 3.02. The molecular weight excluding hydrogens is 250 g/mol. The highest BCUT2D eigenvalue weighted by Gasteiger charge is 2.32. The standard InChI is InChI=1S/C13H18ClN3O/c1-3-17(11-6-4-10(14)5-7-11)8-13(2)9-18-12(15)16-13/h4-7H,3,8-9H2,1-2H3,(H2,15,16). The highest BCUT2D eigenvalue weighted by molar-refractivity contribution is 6.30. The van der Waals surface area contributed by atoms with E-state index in [2.05, 4.69) is 16.8 Å². The van der Waals surface area contributed by atoms with Crippen molar-refractivity contribution >= 4 is 23.3 Å². The van der Waals surface area contributed by atoms with Crippen molar-refractivity contribution in [3.63, 3.8) is 0 Å². The molecule has 2 N–H and O–H groups in total. The van der Waals surface area contributed by atoms with Gasteiger partial charge in [0, 0.05) is 23.8 Å². The molecule has 1 aromatic carbocycles. The van der Waals surface area contributed by atoms with Crippen molar-refractivity contribution in [2.24, 2.45) is 10.7 Å². The van der Waals surface area contributed by atoms with Gasteiger partial charge in [-0.3, -0.25) is 0 Å². The molecule has 1 aromatic rings. The Labute approximate surface area is 112 Å². The SMILES string of the molecule is CCN(CC1(C)COC(N)=N1)c1ccc(Cl)cc1. The van der Waals surface area contributed by atoms with E-state index < -0.39 is 0 Å². The summed E-state index contributed by atoms with van der Waals surface area (Å²) < 4.78 is 5.25. The largest absolute Gasteiger partial charge is 0.463 e. The molecule has 98 valence electrons. The molecule has 0 aliphatic carbocycles. The van der Waals surface area contributed by atoms with Crippen LogP contribution in [0.2, 0.25) is 5.02 Å². The summed E-state index contributed by atoms with van der Waals surface area (Å²) >= 11 is 5.90. The fourth-order valence-electron chi connectivity index (χ4n) is 2.09. The van der Waals surface area contributed by atoms with Crippen molar-refractivity contribution in [2.75, 3.05) is 24.6 Å². The van der Waals surface area contributed by atoms with Crippen LogP contribution in [0.5, 0.6) is 0 Å². The molecule has 18 heavy (non-hydrogen) atoms. The summed E-state index contributed by atoms with van der Waals surface area (Å²) in [7, 11) is 0. The molecule has 4 nitrogen and oxygen atoms in total. The molecule has 1 aliphatic heterocycles. The van der Waals surface area contributed by atoms with Gasteiger partial charge in [0.2, 0.25) is 0 Å². The van der Waals surface area contributed by atoms with Crippen LogP contribution in [0.15, 0.2) is 29.3 Å². The Morgan fingerprint density at radius 2 is 2.11 bits per heavy atom. The second-order valence-corrected chi connectivity index (χ2v) is 5.16.